The molecule has 16 heavy (non-hydrogen) atoms. The maximum Gasteiger partial charge on any atom is 0.201 e. The number of anilines is 1. The van der Waals surface area contributed by atoms with Gasteiger partial charge < -0.3 is 10.3 Å². The molecule has 2 N–H and O–H groups in total. The van der Waals surface area contributed by atoms with Crippen LogP contribution < -0.4 is 5.32 Å². The Morgan fingerprint density at radius 2 is 2.25 bits per heavy atom. The van der Waals surface area contributed by atoms with Crippen molar-refractivity contribution in [1.29, 1.82) is 0 Å². The van der Waals surface area contributed by atoms with Gasteiger partial charge in [-0.25, -0.2) is 4.98 Å². The van der Waals surface area contributed by atoms with E-state index in [-0.39, 0.29) is 5.38 Å². The minimum absolute atomic E-state index is 0.165. The van der Waals surface area contributed by atoms with Gasteiger partial charge in [-0.3, -0.25) is 0 Å². The predicted octanol–water partition coefficient (Wildman–Crippen LogP) is 3.38. The third kappa shape index (κ3) is 2.67. The molecule has 0 radical (unpaired) electrons. The van der Waals surface area contributed by atoms with E-state index in [9.17, 15) is 0 Å². The van der Waals surface area contributed by atoms with E-state index in [1.54, 1.807) is 0 Å². The normalized spacial score (nSPS) is 12.9. The van der Waals surface area contributed by atoms with Crippen molar-refractivity contribution in [2.24, 2.45) is 0 Å². The van der Waals surface area contributed by atoms with Crippen molar-refractivity contribution in [3.8, 4) is 0 Å². The van der Waals surface area contributed by atoms with E-state index in [2.05, 4.69) is 22.2 Å². The summed E-state index contributed by atoms with van der Waals surface area (Å²) in [7, 11) is 0. The Morgan fingerprint density at radius 3 is 3.00 bits per heavy atom. The van der Waals surface area contributed by atoms with Crippen molar-refractivity contribution in [3.05, 3.63) is 24.3 Å². The fraction of sp³-hybridized carbons (Fsp3) is 0.417. The van der Waals surface area contributed by atoms with E-state index in [1.165, 1.54) is 0 Å². The highest BCUT2D eigenvalue weighted by Gasteiger charge is 2.05. The van der Waals surface area contributed by atoms with E-state index >= 15 is 0 Å². The third-order valence-corrected chi connectivity index (χ3v) is 2.85. The van der Waals surface area contributed by atoms with Crippen molar-refractivity contribution < 1.29 is 0 Å². The lowest BCUT2D eigenvalue weighted by molar-refractivity contribution is 0.749. The molecule has 1 aromatic carbocycles. The van der Waals surface area contributed by atoms with Gasteiger partial charge in [-0.2, -0.15) is 0 Å². The first kappa shape index (κ1) is 11.3. The third-order valence-electron chi connectivity index (χ3n) is 2.48. The first-order valence-corrected chi connectivity index (χ1v) is 6.06. The molecule has 1 heterocycles. The smallest absolute Gasteiger partial charge is 0.201 e. The molecule has 3 nitrogen and oxygen atoms in total. The number of aromatic nitrogens is 2. The fourth-order valence-electron chi connectivity index (χ4n) is 1.66. The first-order valence-electron chi connectivity index (χ1n) is 5.62. The van der Waals surface area contributed by atoms with Gasteiger partial charge in [0.1, 0.15) is 0 Å². The Balaban J connectivity index is 1.99. The number of rotatable bonds is 5. The van der Waals surface area contributed by atoms with Crippen molar-refractivity contribution in [2.45, 2.75) is 25.1 Å². The Bertz CT molecular complexity index is 419. The number of nitrogens with one attached hydrogen (secondary N) is 2. The van der Waals surface area contributed by atoms with Crippen LogP contribution in [0.4, 0.5) is 5.95 Å². The number of benzene rings is 1. The molecule has 0 aliphatic rings. The van der Waals surface area contributed by atoms with Crippen LogP contribution in [0.3, 0.4) is 0 Å². The number of nitrogens with zero attached hydrogens (tertiary/aromatic N) is 1. The van der Waals surface area contributed by atoms with Crippen LogP contribution in [0.15, 0.2) is 24.3 Å². The van der Waals surface area contributed by atoms with Gasteiger partial charge in [0.25, 0.3) is 0 Å². The second-order valence-corrected chi connectivity index (χ2v) is 4.49. The summed E-state index contributed by atoms with van der Waals surface area (Å²) in [5.41, 5.74) is 2.03. The Hall–Kier alpha value is -1.22. The maximum absolute atomic E-state index is 6.13. The highest BCUT2D eigenvalue weighted by atomic mass is 35.5. The lowest BCUT2D eigenvalue weighted by Crippen LogP contribution is -2.14. The SMILES string of the molecule is CCCC(Cl)CNc1nc2ccccc2[nH]1. The van der Waals surface area contributed by atoms with Gasteiger partial charge in [0.15, 0.2) is 0 Å². The summed E-state index contributed by atoms with van der Waals surface area (Å²) >= 11 is 6.13. The molecule has 0 spiro atoms. The van der Waals surface area contributed by atoms with Gasteiger partial charge in [0.2, 0.25) is 5.95 Å². The molecule has 0 amide bonds. The van der Waals surface area contributed by atoms with E-state index < -0.39 is 0 Å². The van der Waals surface area contributed by atoms with Crippen LogP contribution in [-0.4, -0.2) is 21.9 Å². The van der Waals surface area contributed by atoms with Gasteiger partial charge in [-0.05, 0) is 18.6 Å². The average Bonchev–Trinajstić information content (AvgIpc) is 2.69. The van der Waals surface area contributed by atoms with E-state index in [0.717, 1.165) is 36.4 Å². The van der Waals surface area contributed by atoms with Gasteiger partial charge in [-0.1, -0.05) is 25.5 Å². The zero-order valence-corrected chi connectivity index (χ0v) is 10.1. The van der Waals surface area contributed by atoms with Crippen molar-refractivity contribution in [2.75, 3.05) is 11.9 Å². The van der Waals surface area contributed by atoms with Crippen molar-refractivity contribution in [3.63, 3.8) is 0 Å². The molecule has 1 unspecified atom stereocenters. The topological polar surface area (TPSA) is 40.7 Å². The minimum Gasteiger partial charge on any atom is -0.354 e. The first-order chi connectivity index (χ1) is 7.79. The maximum atomic E-state index is 6.13. The number of hydrogen-bond donors (Lipinski definition) is 2. The van der Waals surface area contributed by atoms with Gasteiger partial charge >= 0.3 is 0 Å². The molecule has 2 aromatic rings. The van der Waals surface area contributed by atoms with Gasteiger partial charge in [0, 0.05) is 6.54 Å². The molecular formula is C12H16ClN3. The minimum atomic E-state index is 0.165. The second-order valence-electron chi connectivity index (χ2n) is 3.87. The molecular weight excluding hydrogens is 222 g/mol. The summed E-state index contributed by atoms with van der Waals surface area (Å²) in [6.45, 7) is 2.88. The predicted molar refractivity (Wildman–Crippen MR) is 69.1 cm³/mol. The molecule has 1 aromatic heterocycles. The highest BCUT2D eigenvalue weighted by molar-refractivity contribution is 6.20. The summed E-state index contributed by atoms with van der Waals surface area (Å²) in [4.78, 5) is 7.63. The van der Waals surface area contributed by atoms with Crippen LogP contribution in [0.5, 0.6) is 0 Å². The zero-order valence-electron chi connectivity index (χ0n) is 9.33. The zero-order chi connectivity index (χ0) is 11.4. The average molecular weight is 238 g/mol. The van der Waals surface area contributed by atoms with Crippen molar-refractivity contribution in [1.82, 2.24) is 9.97 Å². The number of halogens is 1. The number of fused-ring (bicyclic) bond motifs is 1. The molecule has 2 rings (SSSR count). The molecule has 0 aliphatic carbocycles. The van der Waals surface area contributed by atoms with Gasteiger partial charge in [0.05, 0.1) is 16.4 Å². The van der Waals surface area contributed by atoms with Crippen LogP contribution in [0, 0.1) is 0 Å². The molecule has 86 valence electrons. The Kier molecular flexibility index (Phi) is 3.67. The standard InChI is InChI=1S/C12H16ClN3/c1-2-5-9(13)8-14-12-15-10-6-3-4-7-11(10)16-12/h3-4,6-7,9H,2,5,8H2,1H3,(H2,14,15,16). The molecule has 0 saturated heterocycles. The number of para-hydroxylation sites is 2. The molecule has 0 aliphatic heterocycles. The number of hydrogen-bond acceptors (Lipinski definition) is 2. The van der Waals surface area contributed by atoms with Crippen LogP contribution in [0.1, 0.15) is 19.8 Å². The largest absolute Gasteiger partial charge is 0.354 e. The highest BCUT2D eigenvalue weighted by Crippen LogP contribution is 2.14. The number of imidazole rings is 1. The fourth-order valence-corrected chi connectivity index (χ4v) is 1.95. The molecule has 1 atom stereocenters. The summed E-state index contributed by atoms with van der Waals surface area (Å²) in [6, 6.07) is 7.97. The van der Waals surface area contributed by atoms with E-state index in [1.807, 2.05) is 24.3 Å². The second kappa shape index (κ2) is 5.21. The quantitative estimate of drug-likeness (QED) is 0.783. The summed E-state index contributed by atoms with van der Waals surface area (Å²) in [6.07, 6.45) is 2.13. The Labute approximate surface area is 100 Å². The summed E-state index contributed by atoms with van der Waals surface area (Å²) < 4.78 is 0. The molecule has 0 saturated carbocycles. The number of H-pyrrole nitrogens is 1. The van der Waals surface area contributed by atoms with E-state index in [0.29, 0.717) is 0 Å². The molecule has 0 bridgehead atoms. The van der Waals surface area contributed by atoms with Gasteiger partial charge in [-0.15, -0.1) is 11.6 Å². The number of aromatic amines is 1. The monoisotopic (exact) mass is 237 g/mol. The number of alkyl halides is 1. The lowest BCUT2D eigenvalue weighted by atomic mass is 10.2. The van der Waals surface area contributed by atoms with E-state index in [4.69, 9.17) is 11.6 Å². The van der Waals surface area contributed by atoms with Crippen LogP contribution in [-0.2, 0) is 0 Å². The van der Waals surface area contributed by atoms with Crippen LogP contribution in [0.2, 0.25) is 0 Å². The van der Waals surface area contributed by atoms with Crippen molar-refractivity contribution >= 4 is 28.6 Å². The Morgan fingerprint density at radius 1 is 1.44 bits per heavy atom. The van der Waals surface area contributed by atoms with Crippen LogP contribution >= 0.6 is 11.6 Å². The summed E-state index contributed by atoms with van der Waals surface area (Å²) in [5.74, 6) is 0.794. The molecule has 0 fully saturated rings. The lowest BCUT2D eigenvalue weighted by Gasteiger charge is -2.07. The van der Waals surface area contributed by atoms with Crippen LogP contribution in [0.25, 0.3) is 11.0 Å². The molecule has 4 heteroatoms. The summed E-state index contributed by atoms with van der Waals surface area (Å²) in [5, 5.41) is 3.39.